The summed E-state index contributed by atoms with van der Waals surface area (Å²) >= 11 is 0. The van der Waals surface area contributed by atoms with Crippen LogP contribution in [-0.4, -0.2) is 29.8 Å². The van der Waals surface area contributed by atoms with E-state index < -0.39 is 17.4 Å². The zero-order valence-corrected chi connectivity index (χ0v) is 8.82. The number of hydrogen-bond acceptors (Lipinski definition) is 3. The maximum atomic E-state index is 10.8. The van der Waals surface area contributed by atoms with Gasteiger partial charge in [-0.3, -0.25) is 4.79 Å². The van der Waals surface area contributed by atoms with Crippen LogP contribution >= 0.6 is 0 Å². The molecule has 1 heterocycles. The lowest BCUT2D eigenvalue weighted by Gasteiger charge is -2.39. The first-order valence-corrected chi connectivity index (χ1v) is 5.06. The van der Waals surface area contributed by atoms with Crippen molar-refractivity contribution in [2.24, 2.45) is 11.1 Å². The van der Waals surface area contributed by atoms with E-state index in [9.17, 15) is 4.79 Å². The minimum atomic E-state index is -0.954. The molecule has 14 heavy (non-hydrogen) atoms. The van der Waals surface area contributed by atoms with Gasteiger partial charge in [0, 0.05) is 12.0 Å². The molecule has 82 valence electrons. The molecule has 0 radical (unpaired) electrons. The molecule has 3 N–H and O–H groups in total. The normalized spacial score (nSPS) is 25.8. The van der Waals surface area contributed by atoms with Crippen LogP contribution in [0.5, 0.6) is 0 Å². The third-order valence-electron chi connectivity index (χ3n) is 3.08. The maximum Gasteiger partial charge on any atom is 0.321 e. The summed E-state index contributed by atoms with van der Waals surface area (Å²) in [4.78, 5) is 10.8. The molecular formula is C10H19NO3. The third-order valence-corrected chi connectivity index (χ3v) is 3.08. The number of ether oxygens (including phenoxy) is 1. The van der Waals surface area contributed by atoms with E-state index in [1.807, 2.05) is 13.8 Å². The van der Waals surface area contributed by atoms with Crippen LogP contribution < -0.4 is 5.73 Å². The number of carboxylic acids is 1. The fourth-order valence-corrected chi connectivity index (χ4v) is 1.85. The Morgan fingerprint density at radius 1 is 1.57 bits per heavy atom. The molecule has 1 rings (SSSR count). The van der Waals surface area contributed by atoms with E-state index in [2.05, 4.69) is 0 Å². The van der Waals surface area contributed by atoms with Gasteiger partial charge in [0.25, 0.3) is 0 Å². The molecule has 0 aliphatic carbocycles. The Morgan fingerprint density at radius 3 is 2.64 bits per heavy atom. The zero-order chi connectivity index (χ0) is 10.8. The minimum Gasteiger partial charge on any atom is -0.480 e. The van der Waals surface area contributed by atoms with Crippen molar-refractivity contribution in [1.82, 2.24) is 0 Å². The Labute approximate surface area is 84.4 Å². The predicted octanol–water partition coefficient (Wildman–Crippen LogP) is 0.994. The monoisotopic (exact) mass is 201 g/mol. The number of nitrogens with two attached hydrogens (primary N) is 1. The molecule has 0 aromatic carbocycles. The van der Waals surface area contributed by atoms with Crippen molar-refractivity contribution in [3.8, 4) is 0 Å². The van der Waals surface area contributed by atoms with Crippen LogP contribution in [0.4, 0.5) is 0 Å². The predicted molar refractivity (Wildman–Crippen MR) is 53.0 cm³/mol. The fourth-order valence-electron chi connectivity index (χ4n) is 1.85. The number of carboxylic acid groups (broad SMARTS) is 1. The summed E-state index contributed by atoms with van der Waals surface area (Å²) in [5, 5.41) is 8.87. The van der Waals surface area contributed by atoms with Crippen molar-refractivity contribution < 1.29 is 14.6 Å². The number of carbonyl (C=O) groups is 1. The summed E-state index contributed by atoms with van der Waals surface area (Å²) in [6.45, 7) is 4.45. The molecule has 1 saturated heterocycles. The molecule has 0 bridgehead atoms. The van der Waals surface area contributed by atoms with Gasteiger partial charge in [0.15, 0.2) is 0 Å². The Morgan fingerprint density at radius 2 is 2.21 bits per heavy atom. The van der Waals surface area contributed by atoms with Gasteiger partial charge in [-0.2, -0.15) is 0 Å². The summed E-state index contributed by atoms with van der Waals surface area (Å²) in [5.74, 6) is -0.954. The summed E-state index contributed by atoms with van der Waals surface area (Å²) < 4.78 is 5.57. The quantitative estimate of drug-likeness (QED) is 0.714. The van der Waals surface area contributed by atoms with Crippen molar-refractivity contribution in [3.63, 3.8) is 0 Å². The van der Waals surface area contributed by atoms with E-state index in [0.717, 1.165) is 25.9 Å². The van der Waals surface area contributed by atoms with Gasteiger partial charge >= 0.3 is 5.97 Å². The first kappa shape index (κ1) is 11.5. The zero-order valence-electron chi connectivity index (χ0n) is 8.82. The largest absolute Gasteiger partial charge is 0.480 e. The van der Waals surface area contributed by atoms with Crippen LogP contribution in [-0.2, 0) is 9.53 Å². The van der Waals surface area contributed by atoms with Crippen LogP contribution in [0.2, 0.25) is 0 Å². The van der Waals surface area contributed by atoms with E-state index in [1.54, 1.807) is 0 Å². The Bertz CT molecular complexity index is 209. The summed E-state index contributed by atoms with van der Waals surface area (Å²) in [6, 6.07) is -0.856. The first-order chi connectivity index (χ1) is 6.46. The molecule has 0 amide bonds. The van der Waals surface area contributed by atoms with Crippen LogP contribution in [0.3, 0.4) is 0 Å². The molecule has 0 aromatic rings. The molecule has 1 fully saturated rings. The molecule has 0 spiro atoms. The minimum absolute atomic E-state index is 0.0256. The van der Waals surface area contributed by atoms with E-state index >= 15 is 0 Å². The maximum absolute atomic E-state index is 10.8. The average Bonchev–Trinajstić information content (AvgIpc) is 2.18. The number of hydrogen-bond donors (Lipinski definition) is 2. The topological polar surface area (TPSA) is 72.5 Å². The lowest BCUT2D eigenvalue weighted by Crippen LogP contribution is -2.51. The fraction of sp³-hybridized carbons (Fsp3) is 0.900. The Hall–Kier alpha value is -0.610. The van der Waals surface area contributed by atoms with Gasteiger partial charge in [-0.25, -0.2) is 0 Å². The third kappa shape index (κ3) is 2.25. The first-order valence-electron chi connectivity index (χ1n) is 5.06. The highest BCUT2D eigenvalue weighted by molar-refractivity contribution is 5.74. The highest BCUT2D eigenvalue weighted by atomic mass is 16.5. The van der Waals surface area contributed by atoms with Gasteiger partial charge in [-0.05, 0) is 19.3 Å². The van der Waals surface area contributed by atoms with Gasteiger partial charge < -0.3 is 15.6 Å². The van der Waals surface area contributed by atoms with Gasteiger partial charge in [-0.1, -0.05) is 13.8 Å². The van der Waals surface area contributed by atoms with Crippen molar-refractivity contribution in [2.45, 2.75) is 45.3 Å². The molecule has 1 aliphatic rings. The van der Waals surface area contributed by atoms with E-state index in [4.69, 9.17) is 15.6 Å². The second-order valence-corrected chi connectivity index (χ2v) is 4.49. The molecule has 4 heteroatoms. The lowest BCUT2D eigenvalue weighted by atomic mass is 9.76. The molecular weight excluding hydrogens is 182 g/mol. The van der Waals surface area contributed by atoms with Gasteiger partial charge in [0.1, 0.15) is 6.04 Å². The number of rotatable bonds is 3. The highest BCUT2D eigenvalue weighted by Crippen LogP contribution is 2.32. The SMILES string of the molecule is CC(C)(C1CCCCO1)C(N)C(=O)O. The summed E-state index contributed by atoms with van der Waals surface area (Å²) in [7, 11) is 0. The second kappa shape index (κ2) is 4.28. The summed E-state index contributed by atoms with van der Waals surface area (Å²) in [5.41, 5.74) is 5.15. The smallest absolute Gasteiger partial charge is 0.321 e. The van der Waals surface area contributed by atoms with Crippen molar-refractivity contribution in [3.05, 3.63) is 0 Å². The molecule has 0 saturated carbocycles. The van der Waals surface area contributed by atoms with Crippen LogP contribution in [0.15, 0.2) is 0 Å². The van der Waals surface area contributed by atoms with Crippen LogP contribution in [0, 0.1) is 5.41 Å². The highest BCUT2D eigenvalue weighted by Gasteiger charge is 2.40. The molecule has 1 aliphatic heterocycles. The van der Waals surface area contributed by atoms with Crippen molar-refractivity contribution in [1.29, 1.82) is 0 Å². The van der Waals surface area contributed by atoms with Gasteiger partial charge in [0.05, 0.1) is 6.10 Å². The Balaban J connectivity index is 2.66. The second-order valence-electron chi connectivity index (χ2n) is 4.49. The van der Waals surface area contributed by atoms with Gasteiger partial charge in [-0.15, -0.1) is 0 Å². The van der Waals surface area contributed by atoms with Crippen LogP contribution in [0.1, 0.15) is 33.1 Å². The van der Waals surface area contributed by atoms with Gasteiger partial charge in [0.2, 0.25) is 0 Å². The number of aliphatic carboxylic acids is 1. The van der Waals surface area contributed by atoms with E-state index in [0.29, 0.717) is 0 Å². The van der Waals surface area contributed by atoms with Crippen LogP contribution in [0.25, 0.3) is 0 Å². The molecule has 2 atom stereocenters. The van der Waals surface area contributed by atoms with Crippen molar-refractivity contribution in [2.75, 3.05) is 6.61 Å². The summed E-state index contributed by atoms with van der Waals surface area (Å²) in [6.07, 6.45) is 3.05. The Kier molecular flexibility index (Phi) is 3.50. The van der Waals surface area contributed by atoms with E-state index in [1.165, 1.54) is 0 Å². The molecule has 0 aromatic heterocycles. The standard InChI is InChI=1S/C10H19NO3/c1-10(2,8(11)9(12)13)7-5-3-4-6-14-7/h7-8H,3-6,11H2,1-2H3,(H,12,13). The average molecular weight is 201 g/mol. The molecule has 2 unspecified atom stereocenters. The van der Waals surface area contributed by atoms with Crippen molar-refractivity contribution >= 4 is 5.97 Å². The lowest BCUT2D eigenvalue weighted by molar-refractivity contribution is -0.146. The molecule has 4 nitrogen and oxygen atoms in total. The van der Waals surface area contributed by atoms with E-state index in [-0.39, 0.29) is 6.10 Å².